The predicted molar refractivity (Wildman–Crippen MR) is 97.8 cm³/mol. The van der Waals surface area contributed by atoms with Crippen molar-refractivity contribution in [3.8, 4) is 0 Å². The molecule has 3 fully saturated rings. The molecule has 0 aromatic rings. The molecular weight excluding hydrogens is 348 g/mol. The van der Waals surface area contributed by atoms with Crippen molar-refractivity contribution in [1.82, 2.24) is 9.80 Å². The molecular formula is C19H29N4O4. The summed E-state index contributed by atoms with van der Waals surface area (Å²) < 4.78 is 0. The van der Waals surface area contributed by atoms with E-state index in [1.807, 2.05) is 0 Å². The van der Waals surface area contributed by atoms with Gasteiger partial charge >= 0.3 is 0 Å². The summed E-state index contributed by atoms with van der Waals surface area (Å²) in [7, 11) is 0. The third-order valence-corrected chi connectivity index (χ3v) is 6.31. The van der Waals surface area contributed by atoms with Crippen LogP contribution in [-0.2, 0) is 19.2 Å². The Balaban J connectivity index is 1.62. The highest BCUT2D eigenvalue weighted by molar-refractivity contribution is 5.99. The largest absolute Gasteiger partial charge is 0.369 e. The number of nitrogens with two attached hydrogens (primary N) is 2. The van der Waals surface area contributed by atoms with Crippen LogP contribution in [0.25, 0.3) is 0 Å². The maximum atomic E-state index is 12.9. The fraction of sp³-hybridized carbons (Fsp3) is 0.737. The average molecular weight is 377 g/mol. The number of Topliss-reactive ketones (excluding diaryl/α,β-unsaturated/α-hetero) is 1. The molecule has 1 radical (unpaired) electrons. The molecule has 1 saturated carbocycles. The van der Waals surface area contributed by atoms with E-state index in [9.17, 15) is 19.2 Å². The zero-order chi connectivity index (χ0) is 19.7. The van der Waals surface area contributed by atoms with Crippen molar-refractivity contribution in [1.29, 1.82) is 0 Å². The number of hydrogen-bond donors (Lipinski definition) is 2. The minimum atomic E-state index is -0.600. The summed E-state index contributed by atoms with van der Waals surface area (Å²) in [5.41, 5.74) is 11.4. The lowest BCUT2D eigenvalue weighted by atomic mass is 9.97. The van der Waals surface area contributed by atoms with Gasteiger partial charge in [0.05, 0.1) is 25.0 Å². The molecule has 2 saturated heterocycles. The molecule has 2 heterocycles. The standard InChI is InChI=1S/C19H29N4O4/c1-11(18(21)26)6-7-15(25)22-9-8-13-17(22)14(24)10-23(13)19(27)16(20)12-4-2-3-5-12/h7,11-13,16-17H,2-6,8-10,20H2,1H3,(H2,21,26). The third kappa shape index (κ3) is 3.85. The van der Waals surface area contributed by atoms with Crippen LogP contribution in [-0.4, -0.2) is 64.5 Å². The molecule has 4 atom stereocenters. The molecule has 4 unspecified atom stereocenters. The SMILES string of the molecule is CC(C[CH]C(=O)N1CCC2C1C(=O)CN2C(=O)C(N)C1CCCC1)C(N)=O. The van der Waals surface area contributed by atoms with Gasteiger partial charge in [-0.2, -0.15) is 0 Å². The number of likely N-dealkylation sites (tertiary alicyclic amines) is 2. The van der Waals surface area contributed by atoms with E-state index >= 15 is 0 Å². The maximum Gasteiger partial charge on any atom is 0.240 e. The monoisotopic (exact) mass is 377 g/mol. The highest BCUT2D eigenvalue weighted by Gasteiger charge is 2.52. The van der Waals surface area contributed by atoms with Crippen molar-refractivity contribution >= 4 is 23.5 Å². The van der Waals surface area contributed by atoms with Crippen molar-refractivity contribution in [3.63, 3.8) is 0 Å². The fourth-order valence-electron chi connectivity index (χ4n) is 4.58. The smallest absolute Gasteiger partial charge is 0.240 e. The molecule has 0 bridgehead atoms. The molecule has 149 valence electrons. The highest BCUT2D eigenvalue weighted by atomic mass is 16.2. The van der Waals surface area contributed by atoms with Crippen LogP contribution in [0.1, 0.15) is 45.4 Å². The van der Waals surface area contributed by atoms with Crippen LogP contribution < -0.4 is 11.5 Å². The van der Waals surface area contributed by atoms with Gasteiger partial charge in [-0.15, -0.1) is 0 Å². The Morgan fingerprint density at radius 2 is 1.85 bits per heavy atom. The van der Waals surface area contributed by atoms with Crippen molar-refractivity contribution < 1.29 is 19.2 Å². The second kappa shape index (κ2) is 7.96. The Morgan fingerprint density at radius 3 is 2.48 bits per heavy atom. The normalized spacial score (nSPS) is 27.7. The van der Waals surface area contributed by atoms with E-state index in [0.29, 0.717) is 13.0 Å². The van der Waals surface area contributed by atoms with Crippen molar-refractivity contribution in [2.45, 2.75) is 63.6 Å². The van der Waals surface area contributed by atoms with Crippen LogP contribution >= 0.6 is 0 Å². The average Bonchev–Trinajstić information content (AvgIpc) is 3.36. The second-order valence-electron chi connectivity index (χ2n) is 8.08. The first kappa shape index (κ1) is 19.8. The molecule has 0 aromatic carbocycles. The number of hydrogen-bond acceptors (Lipinski definition) is 5. The van der Waals surface area contributed by atoms with Gasteiger partial charge in [-0.25, -0.2) is 0 Å². The van der Waals surface area contributed by atoms with Gasteiger partial charge in [0.2, 0.25) is 17.7 Å². The van der Waals surface area contributed by atoms with Crippen molar-refractivity contribution in [3.05, 3.63) is 6.42 Å². The van der Waals surface area contributed by atoms with Crippen LogP contribution in [0.15, 0.2) is 0 Å². The molecule has 3 rings (SSSR count). The zero-order valence-electron chi connectivity index (χ0n) is 15.8. The van der Waals surface area contributed by atoms with Gasteiger partial charge in [-0.3, -0.25) is 19.2 Å². The number of carbonyl (C=O) groups is 4. The van der Waals surface area contributed by atoms with E-state index in [1.165, 1.54) is 11.3 Å². The first-order valence-corrected chi connectivity index (χ1v) is 9.83. The van der Waals surface area contributed by atoms with E-state index < -0.39 is 23.9 Å². The number of primary amides is 1. The van der Waals surface area contributed by atoms with Gasteiger partial charge in [0.25, 0.3) is 0 Å². The molecule has 3 amide bonds. The van der Waals surface area contributed by atoms with Gasteiger partial charge < -0.3 is 21.3 Å². The van der Waals surface area contributed by atoms with Crippen LogP contribution in [0, 0.1) is 18.3 Å². The Bertz CT molecular complexity index is 631. The second-order valence-corrected chi connectivity index (χ2v) is 8.08. The van der Waals surface area contributed by atoms with Gasteiger partial charge in [-0.1, -0.05) is 19.8 Å². The van der Waals surface area contributed by atoms with E-state index in [-0.39, 0.29) is 42.5 Å². The third-order valence-electron chi connectivity index (χ3n) is 6.31. The number of carbonyl (C=O) groups excluding carboxylic acids is 4. The Labute approximate surface area is 159 Å². The van der Waals surface area contributed by atoms with Gasteiger partial charge in [0.15, 0.2) is 5.78 Å². The minimum Gasteiger partial charge on any atom is -0.369 e. The van der Waals surface area contributed by atoms with E-state index in [2.05, 4.69) is 0 Å². The van der Waals surface area contributed by atoms with Crippen LogP contribution in [0.3, 0.4) is 0 Å². The van der Waals surface area contributed by atoms with Crippen molar-refractivity contribution in [2.24, 2.45) is 23.3 Å². The molecule has 8 nitrogen and oxygen atoms in total. The van der Waals surface area contributed by atoms with Gasteiger partial charge in [0, 0.05) is 12.5 Å². The fourth-order valence-corrected chi connectivity index (χ4v) is 4.58. The summed E-state index contributed by atoms with van der Waals surface area (Å²) in [6.07, 6.45) is 6.34. The summed E-state index contributed by atoms with van der Waals surface area (Å²) in [4.78, 5) is 52.2. The molecule has 2 aliphatic heterocycles. The summed E-state index contributed by atoms with van der Waals surface area (Å²) in [5, 5.41) is 0. The number of fused-ring (bicyclic) bond motifs is 1. The Kier molecular flexibility index (Phi) is 5.83. The van der Waals surface area contributed by atoms with Gasteiger partial charge in [-0.05, 0) is 31.6 Å². The summed E-state index contributed by atoms with van der Waals surface area (Å²) >= 11 is 0. The Hall–Kier alpha value is -1.96. The summed E-state index contributed by atoms with van der Waals surface area (Å²) in [6.45, 7) is 2.10. The van der Waals surface area contributed by atoms with E-state index in [1.54, 1.807) is 11.8 Å². The molecule has 0 spiro atoms. The minimum absolute atomic E-state index is 0.0239. The predicted octanol–water partition coefficient (Wildman–Crippen LogP) is -0.400. The Morgan fingerprint density at radius 1 is 1.19 bits per heavy atom. The first-order valence-electron chi connectivity index (χ1n) is 9.83. The van der Waals surface area contributed by atoms with Crippen LogP contribution in [0.4, 0.5) is 0 Å². The molecule has 27 heavy (non-hydrogen) atoms. The summed E-state index contributed by atoms with van der Waals surface area (Å²) in [5.74, 6) is -1.27. The zero-order valence-corrected chi connectivity index (χ0v) is 15.8. The van der Waals surface area contributed by atoms with E-state index in [4.69, 9.17) is 11.5 Å². The van der Waals surface area contributed by atoms with Gasteiger partial charge in [0.1, 0.15) is 6.04 Å². The van der Waals surface area contributed by atoms with Crippen molar-refractivity contribution in [2.75, 3.05) is 13.1 Å². The molecule has 3 aliphatic rings. The number of rotatable bonds is 6. The summed E-state index contributed by atoms with van der Waals surface area (Å²) in [6, 6.07) is -1.45. The quantitative estimate of drug-likeness (QED) is 0.651. The van der Waals surface area contributed by atoms with E-state index in [0.717, 1.165) is 25.7 Å². The maximum absolute atomic E-state index is 12.9. The molecule has 8 heteroatoms. The lowest BCUT2D eigenvalue weighted by Gasteiger charge is -2.28. The van der Waals surface area contributed by atoms with Crippen LogP contribution in [0.5, 0.6) is 0 Å². The number of amides is 3. The first-order chi connectivity index (χ1) is 12.8. The molecule has 0 aromatic heterocycles. The van der Waals surface area contributed by atoms with Crippen LogP contribution in [0.2, 0.25) is 0 Å². The lowest BCUT2D eigenvalue weighted by molar-refractivity contribution is -0.135. The number of nitrogens with zero attached hydrogens (tertiary/aromatic N) is 2. The highest BCUT2D eigenvalue weighted by Crippen LogP contribution is 2.33. The number of ketones is 1. The topological polar surface area (TPSA) is 127 Å². The molecule has 1 aliphatic carbocycles. The molecule has 4 N–H and O–H groups in total. The lowest BCUT2D eigenvalue weighted by Crippen LogP contribution is -2.50.